The molecule has 3 heterocycles. The molecule has 7 nitrogen and oxygen atoms in total. The van der Waals surface area contributed by atoms with E-state index >= 15 is 0 Å². The van der Waals surface area contributed by atoms with Crippen LogP contribution in [-0.2, 0) is 10.0 Å². The molecule has 1 aromatic carbocycles. The number of hydrogen-bond acceptors (Lipinski definition) is 5. The molecule has 28 heavy (non-hydrogen) atoms. The van der Waals surface area contributed by atoms with Gasteiger partial charge in [-0.15, -0.1) is 0 Å². The summed E-state index contributed by atoms with van der Waals surface area (Å²) in [7, 11) is -3.58. The Morgan fingerprint density at radius 2 is 1.64 bits per heavy atom. The summed E-state index contributed by atoms with van der Waals surface area (Å²) >= 11 is 6.01. The lowest BCUT2D eigenvalue weighted by Crippen LogP contribution is -2.49. The average Bonchev–Trinajstić information content (AvgIpc) is 3.25. The second-order valence-electron chi connectivity index (χ2n) is 6.63. The fraction of sp³-hybridized carbons (Fsp3) is 0.263. The van der Waals surface area contributed by atoms with Crippen LogP contribution in [0.5, 0.6) is 0 Å². The summed E-state index contributed by atoms with van der Waals surface area (Å²) in [4.78, 5) is 11.0. The molecular formula is C19H20ClN5O2S. The highest BCUT2D eigenvalue weighted by atomic mass is 35.5. The zero-order valence-corrected chi connectivity index (χ0v) is 16.9. The van der Waals surface area contributed by atoms with Gasteiger partial charge in [-0.1, -0.05) is 17.7 Å². The minimum absolute atomic E-state index is 0.269. The number of halogens is 1. The lowest BCUT2D eigenvalue weighted by Gasteiger charge is -2.35. The predicted octanol–water partition coefficient (Wildman–Crippen LogP) is 2.74. The van der Waals surface area contributed by atoms with Gasteiger partial charge in [-0.2, -0.15) is 4.31 Å². The van der Waals surface area contributed by atoms with Gasteiger partial charge in [0.2, 0.25) is 10.0 Å². The Labute approximate surface area is 169 Å². The number of hydrogen-bond donors (Lipinski definition) is 0. The lowest BCUT2D eigenvalue weighted by atomic mass is 10.2. The SMILES string of the molecule is Cc1ccc(Cl)cc1S(=O)(=O)N1CCN(c2cc(-n3cccc3)ncn2)CC1. The minimum atomic E-state index is -3.58. The molecule has 3 aromatic rings. The highest BCUT2D eigenvalue weighted by Crippen LogP contribution is 2.25. The van der Waals surface area contributed by atoms with E-state index in [1.165, 1.54) is 16.7 Å². The maximum atomic E-state index is 13.0. The van der Waals surface area contributed by atoms with Crippen LogP contribution in [-0.4, -0.2) is 53.4 Å². The minimum Gasteiger partial charge on any atom is -0.354 e. The third-order valence-corrected chi connectivity index (χ3v) is 7.11. The van der Waals surface area contributed by atoms with E-state index in [2.05, 4.69) is 14.9 Å². The van der Waals surface area contributed by atoms with Gasteiger partial charge in [0.25, 0.3) is 0 Å². The van der Waals surface area contributed by atoms with Crippen LogP contribution in [0.25, 0.3) is 5.82 Å². The van der Waals surface area contributed by atoms with E-state index in [9.17, 15) is 8.42 Å². The average molecular weight is 418 g/mol. The molecule has 0 unspecified atom stereocenters. The highest BCUT2D eigenvalue weighted by Gasteiger charge is 2.30. The first-order chi connectivity index (χ1) is 13.4. The number of aryl methyl sites for hydroxylation is 1. The van der Waals surface area contributed by atoms with E-state index in [1.54, 1.807) is 19.1 Å². The van der Waals surface area contributed by atoms with Crippen molar-refractivity contribution in [3.05, 3.63) is 65.7 Å². The summed E-state index contributed by atoms with van der Waals surface area (Å²) in [5, 5.41) is 0.418. The molecule has 2 aromatic heterocycles. The fourth-order valence-corrected chi connectivity index (χ4v) is 5.20. The topological polar surface area (TPSA) is 71.3 Å². The maximum Gasteiger partial charge on any atom is 0.243 e. The zero-order chi connectivity index (χ0) is 19.7. The molecule has 1 saturated heterocycles. The van der Waals surface area contributed by atoms with Crippen LogP contribution in [0.3, 0.4) is 0 Å². The molecule has 0 atom stereocenters. The van der Waals surface area contributed by atoms with Crippen molar-refractivity contribution in [3.8, 4) is 5.82 Å². The van der Waals surface area contributed by atoms with Crippen molar-refractivity contribution in [2.45, 2.75) is 11.8 Å². The largest absolute Gasteiger partial charge is 0.354 e. The van der Waals surface area contributed by atoms with Crippen molar-refractivity contribution in [2.75, 3.05) is 31.1 Å². The van der Waals surface area contributed by atoms with Gasteiger partial charge in [0.15, 0.2) is 0 Å². The van der Waals surface area contributed by atoms with Crippen LogP contribution in [0, 0.1) is 6.92 Å². The summed E-state index contributed by atoms with van der Waals surface area (Å²) < 4.78 is 29.5. The molecule has 0 bridgehead atoms. The van der Waals surface area contributed by atoms with Crippen LogP contribution in [0.4, 0.5) is 5.82 Å². The highest BCUT2D eigenvalue weighted by molar-refractivity contribution is 7.89. The van der Waals surface area contributed by atoms with E-state index < -0.39 is 10.0 Å². The molecular weight excluding hydrogens is 398 g/mol. The molecule has 9 heteroatoms. The first kappa shape index (κ1) is 18.9. The van der Waals surface area contributed by atoms with Crippen LogP contribution in [0.1, 0.15) is 5.56 Å². The van der Waals surface area contributed by atoms with Gasteiger partial charge >= 0.3 is 0 Å². The smallest absolute Gasteiger partial charge is 0.243 e. The number of sulfonamides is 1. The first-order valence-electron chi connectivity index (χ1n) is 8.92. The van der Waals surface area contributed by atoms with Crippen molar-refractivity contribution in [1.82, 2.24) is 18.8 Å². The summed E-state index contributed by atoms with van der Waals surface area (Å²) in [5.74, 6) is 1.56. The number of nitrogens with zero attached hydrogens (tertiary/aromatic N) is 5. The molecule has 1 aliphatic rings. The van der Waals surface area contributed by atoms with Crippen molar-refractivity contribution < 1.29 is 8.42 Å². The molecule has 0 saturated carbocycles. The van der Waals surface area contributed by atoms with Gasteiger partial charge in [0.05, 0.1) is 4.90 Å². The molecule has 0 amide bonds. The van der Waals surface area contributed by atoms with E-state index in [-0.39, 0.29) is 4.90 Å². The Kier molecular flexibility index (Phi) is 5.09. The molecule has 0 aliphatic carbocycles. The Hall–Kier alpha value is -2.42. The Morgan fingerprint density at radius 1 is 0.964 bits per heavy atom. The molecule has 4 rings (SSSR count). The molecule has 1 fully saturated rings. The summed E-state index contributed by atoms with van der Waals surface area (Å²) in [5.41, 5.74) is 0.694. The lowest BCUT2D eigenvalue weighted by molar-refractivity contribution is 0.383. The van der Waals surface area contributed by atoms with Gasteiger partial charge in [0, 0.05) is 49.7 Å². The quantitative estimate of drug-likeness (QED) is 0.652. The van der Waals surface area contributed by atoms with Gasteiger partial charge in [0.1, 0.15) is 18.0 Å². The number of rotatable bonds is 4. The monoisotopic (exact) mass is 417 g/mol. The van der Waals surface area contributed by atoms with E-state index in [1.807, 2.05) is 35.2 Å². The summed E-state index contributed by atoms with van der Waals surface area (Å²) in [6.07, 6.45) is 5.37. The Bertz CT molecular complexity index is 1080. The van der Waals surface area contributed by atoms with Gasteiger partial charge in [-0.25, -0.2) is 18.4 Å². The summed E-state index contributed by atoms with van der Waals surface area (Å²) in [6, 6.07) is 10.7. The molecule has 0 N–H and O–H groups in total. The normalized spacial score (nSPS) is 15.7. The van der Waals surface area contributed by atoms with E-state index in [0.717, 1.165) is 11.6 Å². The van der Waals surface area contributed by atoms with Crippen molar-refractivity contribution >= 4 is 27.4 Å². The zero-order valence-electron chi connectivity index (χ0n) is 15.4. The Balaban J connectivity index is 1.51. The maximum absolute atomic E-state index is 13.0. The third kappa shape index (κ3) is 3.63. The second kappa shape index (κ2) is 7.54. The van der Waals surface area contributed by atoms with Crippen molar-refractivity contribution in [1.29, 1.82) is 0 Å². The number of benzene rings is 1. The molecule has 146 valence electrons. The molecule has 0 radical (unpaired) electrons. The van der Waals surface area contributed by atoms with Gasteiger partial charge < -0.3 is 9.47 Å². The predicted molar refractivity (Wildman–Crippen MR) is 109 cm³/mol. The third-order valence-electron chi connectivity index (χ3n) is 4.84. The fourth-order valence-electron chi connectivity index (χ4n) is 3.29. The van der Waals surface area contributed by atoms with E-state index in [4.69, 9.17) is 11.6 Å². The number of anilines is 1. The number of piperazine rings is 1. The van der Waals surface area contributed by atoms with Crippen LogP contribution >= 0.6 is 11.6 Å². The first-order valence-corrected chi connectivity index (χ1v) is 10.7. The van der Waals surface area contributed by atoms with Crippen molar-refractivity contribution in [3.63, 3.8) is 0 Å². The molecule has 0 spiro atoms. The van der Waals surface area contributed by atoms with Crippen LogP contribution in [0.2, 0.25) is 5.02 Å². The Morgan fingerprint density at radius 3 is 2.36 bits per heavy atom. The van der Waals surface area contributed by atoms with Crippen LogP contribution in [0.15, 0.2) is 60.0 Å². The van der Waals surface area contributed by atoms with Gasteiger partial charge in [-0.3, -0.25) is 0 Å². The van der Waals surface area contributed by atoms with Gasteiger partial charge in [-0.05, 0) is 36.8 Å². The van der Waals surface area contributed by atoms with Crippen LogP contribution < -0.4 is 4.90 Å². The number of aromatic nitrogens is 3. The molecule has 1 aliphatic heterocycles. The standard InChI is InChI=1S/C19H20ClN5O2S/c1-15-4-5-16(20)12-17(15)28(26,27)25-10-8-24(9-11-25)19-13-18(21-14-22-19)23-6-2-3-7-23/h2-7,12-14H,8-11H2,1H3. The second-order valence-corrected chi connectivity index (χ2v) is 8.97. The van der Waals surface area contributed by atoms with Crippen molar-refractivity contribution in [2.24, 2.45) is 0 Å². The summed E-state index contributed by atoms with van der Waals surface area (Å²) in [6.45, 7) is 3.67. The van der Waals surface area contributed by atoms with E-state index in [0.29, 0.717) is 36.8 Å².